The molecule has 3 rings (SSSR count). The van der Waals surface area contributed by atoms with Crippen molar-refractivity contribution in [2.45, 2.75) is 6.92 Å². The van der Waals surface area contributed by atoms with Gasteiger partial charge in [0, 0.05) is 36.2 Å². The first-order chi connectivity index (χ1) is 15.8. The van der Waals surface area contributed by atoms with E-state index in [0.717, 1.165) is 6.07 Å². The number of rotatable bonds is 9. The SMILES string of the molecule is COCCOc1cc([N+](=O)[O-])c(C(=O)Nc2cccc(-c3nc(C)cc(=O)[nH]3)c2)cc1OC. The molecule has 0 bridgehead atoms. The third-order valence-electron chi connectivity index (χ3n) is 4.53. The molecule has 0 fully saturated rings. The summed E-state index contributed by atoms with van der Waals surface area (Å²) in [4.78, 5) is 42.6. The van der Waals surface area contributed by atoms with E-state index in [1.54, 1.807) is 31.2 Å². The second kappa shape index (κ2) is 10.4. The van der Waals surface area contributed by atoms with Crippen LogP contribution in [0.5, 0.6) is 11.5 Å². The number of nitrogens with one attached hydrogen (secondary N) is 2. The molecule has 11 nitrogen and oxygen atoms in total. The number of hydrogen-bond acceptors (Lipinski definition) is 8. The van der Waals surface area contributed by atoms with E-state index in [1.165, 1.54) is 26.4 Å². The Hall–Kier alpha value is -4.25. The Morgan fingerprint density at radius 2 is 1.94 bits per heavy atom. The van der Waals surface area contributed by atoms with E-state index in [4.69, 9.17) is 14.2 Å². The number of carbonyl (C=O) groups excluding carboxylic acids is 1. The Labute approximate surface area is 188 Å². The number of aryl methyl sites for hydroxylation is 1. The van der Waals surface area contributed by atoms with Crippen LogP contribution in [0.25, 0.3) is 11.4 Å². The zero-order valence-corrected chi connectivity index (χ0v) is 18.2. The molecule has 0 unspecified atom stereocenters. The maximum Gasteiger partial charge on any atom is 0.286 e. The van der Waals surface area contributed by atoms with Crippen molar-refractivity contribution in [1.82, 2.24) is 9.97 Å². The van der Waals surface area contributed by atoms with Crippen LogP contribution in [0.4, 0.5) is 11.4 Å². The summed E-state index contributed by atoms with van der Waals surface area (Å²) in [7, 11) is 2.86. The average molecular weight is 454 g/mol. The van der Waals surface area contributed by atoms with Crippen molar-refractivity contribution in [2.24, 2.45) is 0 Å². The zero-order chi connectivity index (χ0) is 24.0. The van der Waals surface area contributed by atoms with E-state index in [1.807, 2.05) is 0 Å². The van der Waals surface area contributed by atoms with Gasteiger partial charge in [-0.2, -0.15) is 0 Å². The van der Waals surface area contributed by atoms with Gasteiger partial charge in [0.2, 0.25) is 0 Å². The maximum atomic E-state index is 12.9. The molecule has 33 heavy (non-hydrogen) atoms. The number of anilines is 1. The van der Waals surface area contributed by atoms with Gasteiger partial charge in [-0.15, -0.1) is 0 Å². The second-order valence-electron chi connectivity index (χ2n) is 6.89. The van der Waals surface area contributed by atoms with Crippen LogP contribution in [-0.4, -0.2) is 48.2 Å². The summed E-state index contributed by atoms with van der Waals surface area (Å²) in [5.41, 5.74) is 0.504. The van der Waals surface area contributed by atoms with Gasteiger partial charge in [0.25, 0.3) is 17.2 Å². The summed E-state index contributed by atoms with van der Waals surface area (Å²) >= 11 is 0. The average Bonchev–Trinajstić information content (AvgIpc) is 2.78. The highest BCUT2D eigenvalue weighted by molar-refractivity contribution is 6.07. The minimum atomic E-state index is -0.716. The second-order valence-corrected chi connectivity index (χ2v) is 6.89. The van der Waals surface area contributed by atoms with Gasteiger partial charge in [-0.1, -0.05) is 12.1 Å². The Morgan fingerprint density at radius 1 is 1.15 bits per heavy atom. The molecule has 1 aromatic heterocycles. The number of aromatic amines is 1. The highest BCUT2D eigenvalue weighted by atomic mass is 16.6. The number of benzene rings is 2. The van der Waals surface area contributed by atoms with Crippen molar-refractivity contribution in [3.8, 4) is 22.9 Å². The van der Waals surface area contributed by atoms with E-state index < -0.39 is 16.5 Å². The summed E-state index contributed by atoms with van der Waals surface area (Å²) in [6.45, 7) is 2.12. The molecule has 0 aliphatic carbocycles. The molecule has 172 valence electrons. The van der Waals surface area contributed by atoms with Crippen LogP contribution >= 0.6 is 0 Å². The smallest absolute Gasteiger partial charge is 0.286 e. The maximum absolute atomic E-state index is 12.9. The lowest BCUT2D eigenvalue weighted by Gasteiger charge is -2.13. The number of carbonyl (C=O) groups is 1. The van der Waals surface area contributed by atoms with Crippen LogP contribution < -0.4 is 20.3 Å². The van der Waals surface area contributed by atoms with E-state index in [2.05, 4.69) is 15.3 Å². The lowest BCUT2D eigenvalue weighted by atomic mass is 10.1. The zero-order valence-electron chi connectivity index (χ0n) is 18.2. The Balaban J connectivity index is 1.92. The topological polar surface area (TPSA) is 146 Å². The number of methoxy groups -OCH3 is 2. The molecule has 2 aromatic carbocycles. The summed E-state index contributed by atoms with van der Waals surface area (Å²) < 4.78 is 15.6. The number of hydrogen-bond donors (Lipinski definition) is 2. The molecule has 11 heteroatoms. The van der Waals surface area contributed by atoms with Crippen LogP contribution in [0, 0.1) is 17.0 Å². The molecule has 3 aromatic rings. The van der Waals surface area contributed by atoms with Crippen LogP contribution in [0.1, 0.15) is 16.1 Å². The quantitative estimate of drug-likeness (QED) is 0.285. The predicted octanol–water partition coefficient (Wildman–Crippen LogP) is 2.94. The Bertz CT molecular complexity index is 1240. The fourth-order valence-electron chi connectivity index (χ4n) is 3.05. The lowest BCUT2D eigenvalue weighted by Crippen LogP contribution is -2.15. The third kappa shape index (κ3) is 5.71. The van der Waals surface area contributed by atoms with Crippen molar-refractivity contribution in [2.75, 3.05) is 32.8 Å². The van der Waals surface area contributed by atoms with Gasteiger partial charge >= 0.3 is 0 Å². The monoisotopic (exact) mass is 454 g/mol. The minimum absolute atomic E-state index is 0.120. The van der Waals surface area contributed by atoms with Crippen molar-refractivity contribution in [3.05, 3.63) is 74.2 Å². The summed E-state index contributed by atoms with van der Waals surface area (Å²) in [6, 6.07) is 10.3. The minimum Gasteiger partial charge on any atom is -0.493 e. The van der Waals surface area contributed by atoms with E-state index in [-0.39, 0.29) is 35.8 Å². The van der Waals surface area contributed by atoms with Crippen molar-refractivity contribution in [1.29, 1.82) is 0 Å². The van der Waals surface area contributed by atoms with Crippen molar-refractivity contribution in [3.63, 3.8) is 0 Å². The largest absolute Gasteiger partial charge is 0.493 e. The molecule has 0 aliphatic heterocycles. The van der Waals surface area contributed by atoms with Gasteiger partial charge in [0.1, 0.15) is 18.0 Å². The fourth-order valence-corrected chi connectivity index (χ4v) is 3.05. The molecule has 2 N–H and O–H groups in total. The van der Waals surface area contributed by atoms with Gasteiger partial charge in [-0.05, 0) is 19.1 Å². The highest BCUT2D eigenvalue weighted by Gasteiger charge is 2.25. The number of ether oxygens (including phenoxy) is 3. The first kappa shape index (κ1) is 23.4. The van der Waals surface area contributed by atoms with Gasteiger partial charge in [0.05, 0.1) is 24.7 Å². The molecule has 1 heterocycles. The highest BCUT2D eigenvalue weighted by Crippen LogP contribution is 2.35. The van der Waals surface area contributed by atoms with Crippen LogP contribution in [0.3, 0.4) is 0 Å². The normalized spacial score (nSPS) is 10.5. The molecule has 1 amide bonds. The number of nitro benzene ring substituents is 1. The predicted molar refractivity (Wildman–Crippen MR) is 120 cm³/mol. The molecular formula is C22H22N4O7. The Morgan fingerprint density at radius 3 is 2.61 bits per heavy atom. The fraction of sp³-hybridized carbons (Fsp3) is 0.227. The van der Waals surface area contributed by atoms with E-state index >= 15 is 0 Å². The lowest BCUT2D eigenvalue weighted by molar-refractivity contribution is -0.385. The van der Waals surface area contributed by atoms with Crippen molar-refractivity contribution < 1.29 is 23.9 Å². The van der Waals surface area contributed by atoms with Crippen LogP contribution in [-0.2, 0) is 4.74 Å². The number of amides is 1. The first-order valence-corrected chi connectivity index (χ1v) is 9.80. The standard InChI is InChI=1S/C22H22N4O7/c1-13-9-20(27)25-21(23-13)14-5-4-6-15(10-14)24-22(28)16-11-18(32-3)19(33-8-7-31-2)12-17(16)26(29)30/h4-6,9-12H,7-8H2,1-3H3,(H,24,28)(H,23,25,27). The number of aromatic nitrogens is 2. The molecule has 0 spiro atoms. The molecule has 0 saturated carbocycles. The van der Waals surface area contributed by atoms with Gasteiger partial charge < -0.3 is 24.5 Å². The number of H-pyrrole nitrogens is 1. The molecular weight excluding hydrogens is 432 g/mol. The van der Waals surface area contributed by atoms with Gasteiger partial charge in [-0.3, -0.25) is 19.7 Å². The van der Waals surface area contributed by atoms with Gasteiger partial charge in [0.15, 0.2) is 11.5 Å². The van der Waals surface area contributed by atoms with Gasteiger partial charge in [-0.25, -0.2) is 4.98 Å². The van der Waals surface area contributed by atoms with Crippen LogP contribution in [0.2, 0.25) is 0 Å². The summed E-state index contributed by atoms with van der Waals surface area (Å²) in [5.74, 6) is -0.0981. The number of nitrogens with zero attached hydrogens (tertiary/aromatic N) is 2. The summed E-state index contributed by atoms with van der Waals surface area (Å²) in [5, 5.41) is 14.3. The molecule has 0 saturated heterocycles. The van der Waals surface area contributed by atoms with Crippen LogP contribution in [0.15, 0.2) is 47.3 Å². The number of nitro groups is 1. The molecule has 0 radical (unpaired) electrons. The third-order valence-corrected chi connectivity index (χ3v) is 4.53. The van der Waals surface area contributed by atoms with E-state index in [9.17, 15) is 19.7 Å². The van der Waals surface area contributed by atoms with E-state index in [0.29, 0.717) is 22.8 Å². The first-order valence-electron chi connectivity index (χ1n) is 9.80. The van der Waals surface area contributed by atoms with Crippen molar-refractivity contribution >= 4 is 17.3 Å². The molecule has 0 aliphatic rings. The summed E-state index contributed by atoms with van der Waals surface area (Å²) in [6.07, 6.45) is 0. The Kier molecular flexibility index (Phi) is 7.36. The molecule has 0 atom stereocenters.